The van der Waals surface area contributed by atoms with Gasteiger partial charge in [-0.1, -0.05) is 82.4 Å². The third-order valence-corrected chi connectivity index (χ3v) is 4.55. The van der Waals surface area contributed by atoms with Crippen molar-refractivity contribution < 1.29 is 19.1 Å². The van der Waals surface area contributed by atoms with E-state index >= 15 is 0 Å². The highest BCUT2D eigenvalue weighted by atomic mass is 16.5. The van der Waals surface area contributed by atoms with Gasteiger partial charge in [-0.15, -0.1) is 0 Å². The Morgan fingerprint density at radius 3 is 1.97 bits per heavy atom. The zero-order chi connectivity index (χ0) is 22.0. The first-order chi connectivity index (χ1) is 14.6. The van der Waals surface area contributed by atoms with Crippen molar-refractivity contribution in [1.29, 1.82) is 0 Å². The highest BCUT2D eigenvalue weighted by Gasteiger charge is 2.07. The number of ether oxygens (including phenoxy) is 2. The Morgan fingerprint density at radius 2 is 1.40 bits per heavy atom. The number of hydrogen-bond acceptors (Lipinski definition) is 4. The average Bonchev–Trinajstić information content (AvgIpc) is 2.81. The summed E-state index contributed by atoms with van der Waals surface area (Å²) in [6.07, 6.45) is 9.88. The van der Waals surface area contributed by atoms with Gasteiger partial charge >= 0.3 is 5.97 Å². The lowest BCUT2D eigenvalue weighted by Gasteiger charge is -2.02. The molecule has 0 heterocycles. The first-order valence-electron chi connectivity index (χ1n) is 10.6. The highest BCUT2D eigenvalue weighted by molar-refractivity contribution is 6.08. The van der Waals surface area contributed by atoms with Crippen LogP contribution in [0.4, 0.5) is 0 Å². The van der Waals surface area contributed by atoms with Gasteiger partial charge in [-0.2, -0.15) is 0 Å². The van der Waals surface area contributed by atoms with Crippen LogP contribution < -0.4 is 4.74 Å². The summed E-state index contributed by atoms with van der Waals surface area (Å²) in [6.45, 7) is 6.09. The van der Waals surface area contributed by atoms with Crippen LogP contribution in [0.3, 0.4) is 0 Å². The average molecular weight is 411 g/mol. The van der Waals surface area contributed by atoms with E-state index in [0.717, 1.165) is 18.6 Å². The summed E-state index contributed by atoms with van der Waals surface area (Å²) in [5.74, 6) is 0.476. The number of ketones is 1. The minimum Gasteiger partial charge on any atom is -0.497 e. The van der Waals surface area contributed by atoms with Crippen molar-refractivity contribution in [2.45, 2.75) is 51.9 Å². The first-order valence-corrected chi connectivity index (χ1v) is 10.6. The lowest BCUT2D eigenvalue weighted by molar-refractivity contribution is -0.137. The smallest absolute Gasteiger partial charge is 0.330 e. The quantitative estimate of drug-likeness (QED) is 0.176. The number of esters is 1. The number of carbonyl (C=O) groups excluding carboxylic acids is 2. The summed E-state index contributed by atoms with van der Waals surface area (Å²) in [7, 11) is 1.61. The molecule has 0 bridgehead atoms. The van der Waals surface area contributed by atoms with Crippen LogP contribution in [0, 0.1) is 0 Å². The van der Waals surface area contributed by atoms with Crippen molar-refractivity contribution in [2.75, 3.05) is 13.7 Å². The number of hydrogen-bond donors (Lipinski definition) is 0. The Kier molecular flexibility index (Phi) is 13.4. The molecule has 30 heavy (non-hydrogen) atoms. The second-order valence-corrected chi connectivity index (χ2v) is 6.92. The molecule has 2 aromatic carbocycles. The van der Waals surface area contributed by atoms with Gasteiger partial charge in [0, 0.05) is 17.2 Å². The van der Waals surface area contributed by atoms with Crippen molar-refractivity contribution in [3.63, 3.8) is 0 Å². The first kappa shape index (κ1) is 25.2. The van der Waals surface area contributed by atoms with Gasteiger partial charge in [0.05, 0.1) is 13.7 Å². The van der Waals surface area contributed by atoms with Gasteiger partial charge in [-0.05, 0) is 30.7 Å². The summed E-state index contributed by atoms with van der Waals surface area (Å²) in [6, 6.07) is 16.4. The maximum Gasteiger partial charge on any atom is 0.330 e. The second kappa shape index (κ2) is 16.0. The summed E-state index contributed by atoms with van der Waals surface area (Å²) in [4.78, 5) is 22.7. The molecule has 0 aromatic heterocycles. The van der Waals surface area contributed by atoms with E-state index in [4.69, 9.17) is 9.47 Å². The molecule has 0 aliphatic rings. The van der Waals surface area contributed by atoms with Crippen LogP contribution in [0.25, 0.3) is 0 Å². The minimum absolute atomic E-state index is 0.0308. The number of methoxy groups -OCH3 is 1. The Morgan fingerprint density at radius 1 is 0.833 bits per heavy atom. The maximum absolute atomic E-state index is 12.0. The van der Waals surface area contributed by atoms with Gasteiger partial charge in [-0.25, -0.2) is 4.79 Å². The van der Waals surface area contributed by atoms with E-state index < -0.39 is 0 Å². The van der Waals surface area contributed by atoms with Crippen LogP contribution in [-0.4, -0.2) is 25.5 Å². The van der Waals surface area contributed by atoms with Gasteiger partial charge in [0.1, 0.15) is 5.75 Å². The van der Waals surface area contributed by atoms with E-state index in [1.807, 2.05) is 30.3 Å². The van der Waals surface area contributed by atoms with Crippen LogP contribution in [0.2, 0.25) is 0 Å². The lowest BCUT2D eigenvalue weighted by atomic mass is 10.0. The van der Waals surface area contributed by atoms with Crippen molar-refractivity contribution in [2.24, 2.45) is 0 Å². The standard InChI is InChI=1S/C14H12O2.C12H22O2/c1-16-13-9-7-12(8-10-13)14(15)11-5-3-2-4-6-11;1-3-5-6-7-8-9-10-11-14-12(13)4-2/h2-10H,1H3;4H,2-3,5-11H2,1H3. The van der Waals surface area contributed by atoms with E-state index in [0.29, 0.717) is 17.7 Å². The Balaban J connectivity index is 0.000000304. The fraction of sp³-hybridized carbons (Fsp3) is 0.385. The predicted octanol–water partition coefficient (Wildman–Crippen LogP) is 6.39. The van der Waals surface area contributed by atoms with Gasteiger partial charge in [0.15, 0.2) is 5.78 Å². The van der Waals surface area contributed by atoms with Crippen molar-refractivity contribution in [1.82, 2.24) is 0 Å². The molecule has 0 saturated carbocycles. The zero-order valence-electron chi connectivity index (χ0n) is 18.3. The van der Waals surface area contributed by atoms with Crippen LogP contribution in [0.15, 0.2) is 67.3 Å². The van der Waals surface area contributed by atoms with Crippen LogP contribution in [0.5, 0.6) is 5.75 Å². The molecule has 0 aliphatic heterocycles. The molecule has 0 fully saturated rings. The molecule has 0 spiro atoms. The molecule has 4 nitrogen and oxygen atoms in total. The Labute approximate surface area is 180 Å². The van der Waals surface area contributed by atoms with Crippen LogP contribution in [-0.2, 0) is 9.53 Å². The van der Waals surface area contributed by atoms with Gasteiger partial charge in [0.2, 0.25) is 0 Å². The van der Waals surface area contributed by atoms with Gasteiger partial charge < -0.3 is 9.47 Å². The molecule has 2 aromatic rings. The van der Waals surface area contributed by atoms with E-state index in [2.05, 4.69) is 13.5 Å². The maximum atomic E-state index is 12.0. The second-order valence-electron chi connectivity index (χ2n) is 6.92. The number of unbranched alkanes of at least 4 members (excludes halogenated alkanes) is 6. The van der Waals surface area contributed by atoms with E-state index in [9.17, 15) is 9.59 Å². The van der Waals surface area contributed by atoms with Crippen molar-refractivity contribution in [3.8, 4) is 5.75 Å². The van der Waals surface area contributed by atoms with E-state index in [1.54, 1.807) is 31.4 Å². The van der Waals surface area contributed by atoms with E-state index in [-0.39, 0.29) is 11.8 Å². The highest BCUT2D eigenvalue weighted by Crippen LogP contribution is 2.14. The monoisotopic (exact) mass is 410 g/mol. The number of benzene rings is 2. The topological polar surface area (TPSA) is 52.6 Å². The van der Waals surface area contributed by atoms with Crippen molar-refractivity contribution in [3.05, 3.63) is 78.4 Å². The molecular weight excluding hydrogens is 376 g/mol. The third-order valence-electron chi connectivity index (χ3n) is 4.55. The molecule has 162 valence electrons. The molecule has 2 rings (SSSR count). The summed E-state index contributed by atoms with van der Waals surface area (Å²) < 4.78 is 9.91. The molecule has 0 atom stereocenters. The molecular formula is C26H34O4. The molecule has 0 aliphatic carbocycles. The SMILES string of the molecule is C=CC(=O)OCCCCCCCCC.COc1ccc(C(=O)c2ccccc2)cc1. The molecule has 0 saturated heterocycles. The van der Waals surface area contributed by atoms with Crippen LogP contribution >= 0.6 is 0 Å². The molecule has 0 radical (unpaired) electrons. The lowest BCUT2D eigenvalue weighted by Crippen LogP contribution is -2.01. The molecule has 4 heteroatoms. The number of rotatable bonds is 12. The van der Waals surface area contributed by atoms with Gasteiger partial charge in [0.25, 0.3) is 0 Å². The predicted molar refractivity (Wildman–Crippen MR) is 122 cm³/mol. The molecule has 0 unspecified atom stereocenters. The third kappa shape index (κ3) is 10.6. The van der Waals surface area contributed by atoms with Crippen LogP contribution in [0.1, 0.15) is 67.8 Å². The largest absolute Gasteiger partial charge is 0.497 e. The Hall–Kier alpha value is -2.88. The zero-order valence-corrected chi connectivity index (χ0v) is 18.3. The Bertz CT molecular complexity index is 735. The molecule has 0 amide bonds. The van der Waals surface area contributed by atoms with E-state index in [1.165, 1.54) is 38.2 Å². The number of carbonyl (C=O) groups is 2. The fourth-order valence-corrected chi connectivity index (χ4v) is 2.79. The fourth-order valence-electron chi connectivity index (χ4n) is 2.79. The normalized spacial score (nSPS) is 9.80. The van der Waals surface area contributed by atoms with Gasteiger partial charge in [-0.3, -0.25) is 4.79 Å². The summed E-state index contributed by atoms with van der Waals surface area (Å²) in [5, 5.41) is 0. The van der Waals surface area contributed by atoms with Crippen molar-refractivity contribution >= 4 is 11.8 Å². The summed E-state index contributed by atoms with van der Waals surface area (Å²) in [5.41, 5.74) is 1.37. The summed E-state index contributed by atoms with van der Waals surface area (Å²) >= 11 is 0. The minimum atomic E-state index is -0.309. The molecule has 0 N–H and O–H groups in total.